The van der Waals surface area contributed by atoms with E-state index in [1.807, 2.05) is 6.92 Å². The molecule has 0 aliphatic carbocycles. The van der Waals surface area contributed by atoms with Crippen molar-refractivity contribution < 1.29 is 33.0 Å². The predicted molar refractivity (Wildman–Crippen MR) is 112 cm³/mol. The van der Waals surface area contributed by atoms with E-state index in [0.717, 1.165) is 12.1 Å². The summed E-state index contributed by atoms with van der Waals surface area (Å²) in [5, 5.41) is 4.80. The van der Waals surface area contributed by atoms with Gasteiger partial charge >= 0.3 is 5.97 Å². The number of carbonyl (C=O) groups excluding carboxylic acids is 3. The monoisotopic (exact) mass is 452 g/mol. The molecule has 0 aromatic heterocycles. The van der Waals surface area contributed by atoms with Crippen molar-refractivity contribution in [1.29, 1.82) is 0 Å². The van der Waals surface area contributed by atoms with Gasteiger partial charge in [-0.2, -0.15) is 0 Å². The van der Waals surface area contributed by atoms with Crippen LogP contribution in [0.15, 0.2) is 36.4 Å². The fourth-order valence-electron chi connectivity index (χ4n) is 2.42. The third kappa shape index (κ3) is 7.45. The van der Waals surface area contributed by atoms with E-state index >= 15 is 0 Å². The largest absolute Gasteiger partial charge is 0.490 e. The van der Waals surface area contributed by atoms with E-state index in [1.54, 1.807) is 13.0 Å². The summed E-state index contributed by atoms with van der Waals surface area (Å²) in [6.45, 7) is 3.43. The molecule has 0 unspecified atom stereocenters. The highest BCUT2D eigenvalue weighted by Crippen LogP contribution is 2.28. The number of anilines is 1. The zero-order valence-corrected chi connectivity index (χ0v) is 17.8. The number of halogens is 2. The Morgan fingerprint density at radius 2 is 1.71 bits per heavy atom. The average Bonchev–Trinajstić information content (AvgIpc) is 2.74. The van der Waals surface area contributed by atoms with Gasteiger partial charge in [0.25, 0.3) is 11.8 Å². The molecule has 0 fully saturated rings. The van der Waals surface area contributed by atoms with Crippen LogP contribution in [0.5, 0.6) is 11.5 Å². The van der Waals surface area contributed by atoms with E-state index < -0.39 is 36.8 Å². The molecule has 0 spiro atoms. The minimum atomic E-state index is -0.815. The third-order valence-corrected chi connectivity index (χ3v) is 4.08. The van der Waals surface area contributed by atoms with Gasteiger partial charge < -0.3 is 24.8 Å². The molecule has 2 amide bonds. The summed E-state index contributed by atoms with van der Waals surface area (Å²) in [6, 6.07) is 8.10. The van der Waals surface area contributed by atoms with Gasteiger partial charge in [-0.1, -0.05) is 11.6 Å². The standard InChI is InChI=1S/C21H22ClFN2O6/c1-3-29-17-8-5-13(9-18(17)30-4-2)21(28)24-11-20(27)31-12-19(26)25-16-7-6-14(23)10-15(16)22/h5-10H,3-4,11-12H2,1-2H3,(H,24,28)(H,25,26). The molecule has 8 nitrogen and oxygen atoms in total. The second-order valence-corrected chi connectivity index (χ2v) is 6.45. The molecule has 0 atom stereocenters. The zero-order chi connectivity index (χ0) is 22.8. The van der Waals surface area contributed by atoms with Crippen molar-refractivity contribution in [2.24, 2.45) is 0 Å². The van der Waals surface area contributed by atoms with Crippen molar-refractivity contribution in [3.63, 3.8) is 0 Å². The Morgan fingerprint density at radius 1 is 1.00 bits per heavy atom. The molecule has 31 heavy (non-hydrogen) atoms. The molecule has 10 heteroatoms. The molecular weight excluding hydrogens is 431 g/mol. The number of amides is 2. The first-order chi connectivity index (χ1) is 14.8. The van der Waals surface area contributed by atoms with Gasteiger partial charge in [-0.15, -0.1) is 0 Å². The molecule has 0 saturated carbocycles. The lowest BCUT2D eigenvalue weighted by Gasteiger charge is -2.12. The second kappa shape index (κ2) is 11.8. The summed E-state index contributed by atoms with van der Waals surface area (Å²) < 4.78 is 28.7. The van der Waals surface area contributed by atoms with Gasteiger partial charge in [0.05, 0.1) is 23.9 Å². The highest BCUT2D eigenvalue weighted by molar-refractivity contribution is 6.33. The maximum Gasteiger partial charge on any atom is 0.325 e. The molecule has 0 saturated heterocycles. The van der Waals surface area contributed by atoms with Crippen LogP contribution in [-0.4, -0.2) is 44.1 Å². The smallest absolute Gasteiger partial charge is 0.325 e. The molecule has 0 heterocycles. The number of esters is 1. The number of carbonyl (C=O) groups is 3. The zero-order valence-electron chi connectivity index (χ0n) is 17.0. The Balaban J connectivity index is 1.83. The summed E-state index contributed by atoms with van der Waals surface area (Å²) in [6.07, 6.45) is 0. The van der Waals surface area contributed by atoms with Crippen LogP contribution in [0.25, 0.3) is 0 Å². The molecular formula is C21H22ClFN2O6. The van der Waals surface area contributed by atoms with Crippen LogP contribution in [0.4, 0.5) is 10.1 Å². The van der Waals surface area contributed by atoms with Crippen molar-refractivity contribution >= 4 is 35.1 Å². The quantitative estimate of drug-likeness (QED) is 0.537. The van der Waals surface area contributed by atoms with Gasteiger partial charge in [0.15, 0.2) is 18.1 Å². The molecule has 166 valence electrons. The topological polar surface area (TPSA) is 103 Å². The van der Waals surface area contributed by atoms with Crippen molar-refractivity contribution in [2.45, 2.75) is 13.8 Å². The number of ether oxygens (including phenoxy) is 3. The Bertz CT molecular complexity index is 953. The van der Waals surface area contributed by atoms with Crippen LogP contribution < -0.4 is 20.1 Å². The Kier molecular flexibility index (Phi) is 9.08. The van der Waals surface area contributed by atoms with Crippen molar-refractivity contribution in [3.8, 4) is 11.5 Å². The van der Waals surface area contributed by atoms with Gasteiger partial charge in [0.1, 0.15) is 12.4 Å². The van der Waals surface area contributed by atoms with Gasteiger partial charge in [-0.3, -0.25) is 14.4 Å². The number of hydrogen-bond acceptors (Lipinski definition) is 6. The Morgan fingerprint density at radius 3 is 2.39 bits per heavy atom. The van der Waals surface area contributed by atoms with Gasteiger partial charge in [-0.05, 0) is 50.2 Å². The van der Waals surface area contributed by atoms with E-state index in [9.17, 15) is 18.8 Å². The highest BCUT2D eigenvalue weighted by atomic mass is 35.5. The third-order valence-electron chi connectivity index (χ3n) is 3.77. The molecule has 0 aliphatic heterocycles. The molecule has 2 aromatic carbocycles. The number of hydrogen-bond donors (Lipinski definition) is 2. The first kappa shape index (κ1) is 23.9. The number of nitrogens with one attached hydrogen (secondary N) is 2. The first-order valence-corrected chi connectivity index (χ1v) is 9.80. The van der Waals surface area contributed by atoms with E-state index in [1.165, 1.54) is 18.2 Å². The van der Waals surface area contributed by atoms with Crippen molar-refractivity contribution in [1.82, 2.24) is 5.32 Å². The Hall–Kier alpha value is -3.33. The van der Waals surface area contributed by atoms with E-state index in [0.29, 0.717) is 24.7 Å². The lowest BCUT2D eigenvalue weighted by Crippen LogP contribution is -2.32. The maximum absolute atomic E-state index is 13.0. The fraction of sp³-hybridized carbons (Fsp3) is 0.286. The Labute approximate surface area is 183 Å². The summed E-state index contributed by atoms with van der Waals surface area (Å²) >= 11 is 5.81. The maximum atomic E-state index is 13.0. The molecule has 2 rings (SSSR count). The van der Waals surface area contributed by atoms with Crippen molar-refractivity contribution in [2.75, 3.05) is 31.7 Å². The summed E-state index contributed by atoms with van der Waals surface area (Å²) in [7, 11) is 0. The molecule has 2 N–H and O–H groups in total. The molecule has 0 bridgehead atoms. The van der Waals surface area contributed by atoms with Gasteiger partial charge in [0, 0.05) is 5.56 Å². The molecule has 0 radical (unpaired) electrons. The minimum absolute atomic E-state index is 0.00807. The van der Waals surface area contributed by atoms with E-state index in [-0.39, 0.29) is 16.3 Å². The summed E-state index contributed by atoms with van der Waals surface area (Å²) in [4.78, 5) is 35.9. The van der Waals surface area contributed by atoms with Crippen LogP contribution in [0.1, 0.15) is 24.2 Å². The normalized spacial score (nSPS) is 10.2. The number of rotatable bonds is 10. The van der Waals surface area contributed by atoms with Crippen molar-refractivity contribution in [3.05, 3.63) is 52.8 Å². The summed E-state index contributed by atoms with van der Waals surface area (Å²) in [5.41, 5.74) is 0.446. The molecule has 0 aliphatic rings. The SMILES string of the molecule is CCOc1ccc(C(=O)NCC(=O)OCC(=O)Nc2ccc(F)cc2Cl)cc1OCC. The number of benzene rings is 2. The average molecular weight is 453 g/mol. The van der Waals surface area contributed by atoms with Crippen LogP contribution in [0, 0.1) is 5.82 Å². The lowest BCUT2D eigenvalue weighted by atomic mass is 10.2. The molecule has 2 aromatic rings. The lowest BCUT2D eigenvalue weighted by molar-refractivity contribution is -0.146. The van der Waals surface area contributed by atoms with Crippen LogP contribution >= 0.6 is 11.6 Å². The van der Waals surface area contributed by atoms with Crippen LogP contribution in [-0.2, 0) is 14.3 Å². The highest BCUT2D eigenvalue weighted by Gasteiger charge is 2.14. The fourth-order valence-corrected chi connectivity index (χ4v) is 2.64. The van der Waals surface area contributed by atoms with Gasteiger partial charge in [-0.25, -0.2) is 4.39 Å². The summed E-state index contributed by atoms with van der Waals surface area (Å²) in [5.74, 6) is -1.64. The van der Waals surface area contributed by atoms with Gasteiger partial charge in [0.2, 0.25) is 0 Å². The first-order valence-electron chi connectivity index (χ1n) is 9.42. The minimum Gasteiger partial charge on any atom is -0.490 e. The van der Waals surface area contributed by atoms with E-state index in [2.05, 4.69) is 10.6 Å². The van der Waals surface area contributed by atoms with E-state index in [4.69, 9.17) is 25.8 Å². The van der Waals surface area contributed by atoms with Crippen LogP contribution in [0.2, 0.25) is 5.02 Å². The second-order valence-electron chi connectivity index (χ2n) is 6.04. The van der Waals surface area contributed by atoms with Crippen LogP contribution in [0.3, 0.4) is 0 Å². The predicted octanol–water partition coefficient (Wildman–Crippen LogP) is 3.19.